The number of phenolic OH excluding ortho intramolecular Hbond substituents is 1. The lowest BCUT2D eigenvalue weighted by Crippen LogP contribution is -2.43. The number of phenols is 1. The summed E-state index contributed by atoms with van der Waals surface area (Å²) in [4.78, 5) is 6.91. The standard InChI is InChI=1S/C33H42N8O3/c1-21(2)36-33-32-29(20-28(37-38-32)27-5-3-4-6-30(27)42)41(39-33)22-10-15-40(16-11-22)23-7-14-35-31(17-23)44-26-18-25(19-26)43-24-8-12-34-13-9-24/h3-7,14,17,20-22,24-26,34,42H,8-13,15-16,18-19H2,1-2H3,(H,36,39)/t25-,26-. The molecule has 4 aromatic rings. The number of hydrogen-bond acceptors (Lipinski definition) is 10. The lowest BCUT2D eigenvalue weighted by molar-refractivity contribution is -0.103. The molecule has 232 valence electrons. The molecule has 3 aromatic heterocycles. The third-order valence-electron chi connectivity index (χ3n) is 8.96. The number of nitrogens with one attached hydrogen (secondary N) is 2. The second kappa shape index (κ2) is 12.6. The average Bonchev–Trinajstić information content (AvgIpc) is 3.38. The van der Waals surface area contributed by atoms with Crippen molar-refractivity contribution in [1.82, 2.24) is 30.3 Å². The predicted octanol–water partition coefficient (Wildman–Crippen LogP) is 4.93. The summed E-state index contributed by atoms with van der Waals surface area (Å²) >= 11 is 0. The average molecular weight is 599 g/mol. The SMILES string of the molecule is CC(C)Nc1nn(C2CCN(c3ccnc(O[C@H]4C[C@H](OC5CCNCC5)C4)c3)CC2)c2cc(-c3ccccc3O)nnc12. The monoisotopic (exact) mass is 598 g/mol. The van der Waals surface area contributed by atoms with Gasteiger partial charge in [0.2, 0.25) is 5.88 Å². The van der Waals surface area contributed by atoms with Crippen LogP contribution in [0.2, 0.25) is 0 Å². The molecule has 11 nitrogen and oxygen atoms in total. The first kappa shape index (κ1) is 28.8. The Balaban J connectivity index is 1.01. The van der Waals surface area contributed by atoms with Crippen LogP contribution in [-0.2, 0) is 4.74 Å². The maximum atomic E-state index is 10.4. The first-order valence-electron chi connectivity index (χ1n) is 16.0. The van der Waals surface area contributed by atoms with E-state index in [9.17, 15) is 5.11 Å². The maximum Gasteiger partial charge on any atom is 0.215 e. The summed E-state index contributed by atoms with van der Waals surface area (Å²) < 4.78 is 14.6. The van der Waals surface area contributed by atoms with Crippen molar-refractivity contribution >= 4 is 22.5 Å². The number of para-hydroxylation sites is 1. The number of anilines is 2. The summed E-state index contributed by atoms with van der Waals surface area (Å²) in [5.41, 5.74) is 4.09. The molecule has 0 radical (unpaired) electrons. The number of piperidine rings is 2. The quantitative estimate of drug-likeness (QED) is 0.244. The van der Waals surface area contributed by atoms with Crippen molar-refractivity contribution in [2.24, 2.45) is 0 Å². The molecular weight excluding hydrogens is 556 g/mol. The molecule has 3 aliphatic rings. The minimum atomic E-state index is 0.169. The summed E-state index contributed by atoms with van der Waals surface area (Å²) in [7, 11) is 0. The second-order valence-electron chi connectivity index (χ2n) is 12.6. The fraction of sp³-hybridized carbons (Fsp3) is 0.515. The van der Waals surface area contributed by atoms with E-state index < -0.39 is 0 Å². The summed E-state index contributed by atoms with van der Waals surface area (Å²) in [5, 5.41) is 31.3. The van der Waals surface area contributed by atoms with Gasteiger partial charge in [0.15, 0.2) is 11.3 Å². The Morgan fingerprint density at radius 1 is 0.955 bits per heavy atom. The van der Waals surface area contributed by atoms with E-state index in [1.165, 1.54) is 0 Å². The number of rotatable bonds is 9. The number of nitrogens with zero attached hydrogens (tertiary/aromatic N) is 6. The van der Waals surface area contributed by atoms with Crippen molar-refractivity contribution in [3.8, 4) is 22.9 Å². The number of fused-ring (bicyclic) bond motifs is 1. The van der Waals surface area contributed by atoms with Crippen LogP contribution in [0.4, 0.5) is 11.5 Å². The zero-order chi connectivity index (χ0) is 30.0. The van der Waals surface area contributed by atoms with Crippen LogP contribution >= 0.6 is 0 Å². The highest BCUT2D eigenvalue weighted by atomic mass is 16.5. The van der Waals surface area contributed by atoms with Gasteiger partial charge in [0, 0.05) is 55.5 Å². The Labute approximate surface area is 258 Å². The highest BCUT2D eigenvalue weighted by molar-refractivity contribution is 5.88. The molecule has 1 aromatic carbocycles. The van der Waals surface area contributed by atoms with Crippen molar-refractivity contribution in [3.63, 3.8) is 0 Å². The summed E-state index contributed by atoms with van der Waals surface area (Å²) in [6, 6.07) is 13.8. The first-order chi connectivity index (χ1) is 21.5. The number of benzene rings is 1. The van der Waals surface area contributed by atoms with E-state index in [-0.39, 0.29) is 23.9 Å². The number of pyridine rings is 1. The van der Waals surface area contributed by atoms with Crippen LogP contribution in [0.3, 0.4) is 0 Å². The van der Waals surface area contributed by atoms with Gasteiger partial charge in [0.05, 0.1) is 29.5 Å². The van der Waals surface area contributed by atoms with E-state index in [0.717, 1.165) is 87.2 Å². The molecule has 0 bridgehead atoms. The van der Waals surface area contributed by atoms with Gasteiger partial charge in [0.25, 0.3) is 0 Å². The lowest BCUT2D eigenvalue weighted by Gasteiger charge is -2.38. The maximum absolute atomic E-state index is 10.4. The summed E-state index contributed by atoms with van der Waals surface area (Å²) in [5.74, 6) is 1.61. The van der Waals surface area contributed by atoms with Gasteiger partial charge in [0.1, 0.15) is 11.9 Å². The molecule has 5 heterocycles. The molecule has 0 spiro atoms. The molecule has 7 rings (SSSR count). The Hall–Kier alpha value is -3.96. The molecule has 11 heteroatoms. The topological polar surface area (TPSA) is 122 Å². The summed E-state index contributed by atoms with van der Waals surface area (Å²) in [6.07, 6.45) is 8.64. The molecule has 1 saturated carbocycles. The lowest BCUT2D eigenvalue weighted by atomic mass is 9.91. The number of hydrogen-bond donors (Lipinski definition) is 3. The van der Waals surface area contributed by atoms with Gasteiger partial charge in [-0.15, -0.1) is 10.2 Å². The van der Waals surface area contributed by atoms with Crippen LogP contribution in [-0.4, -0.2) is 80.6 Å². The Bertz CT molecular complexity index is 1570. The van der Waals surface area contributed by atoms with Crippen LogP contribution in [0.15, 0.2) is 48.7 Å². The van der Waals surface area contributed by atoms with Gasteiger partial charge >= 0.3 is 0 Å². The van der Waals surface area contributed by atoms with Crippen LogP contribution < -0.4 is 20.3 Å². The molecule has 0 atom stereocenters. The largest absolute Gasteiger partial charge is 0.507 e. The zero-order valence-electron chi connectivity index (χ0n) is 25.5. The smallest absolute Gasteiger partial charge is 0.215 e. The van der Waals surface area contributed by atoms with Crippen LogP contribution in [0.25, 0.3) is 22.3 Å². The fourth-order valence-corrected chi connectivity index (χ4v) is 6.53. The minimum absolute atomic E-state index is 0.169. The fourth-order valence-electron chi connectivity index (χ4n) is 6.53. The van der Waals surface area contributed by atoms with Crippen molar-refractivity contribution in [2.45, 2.75) is 82.8 Å². The molecule has 2 aliphatic heterocycles. The van der Waals surface area contributed by atoms with E-state index in [4.69, 9.17) is 14.6 Å². The third kappa shape index (κ3) is 6.16. The minimum Gasteiger partial charge on any atom is -0.507 e. The summed E-state index contributed by atoms with van der Waals surface area (Å²) in [6.45, 7) is 8.06. The third-order valence-corrected chi connectivity index (χ3v) is 8.96. The molecule has 0 amide bonds. The second-order valence-corrected chi connectivity index (χ2v) is 12.6. The van der Waals surface area contributed by atoms with Crippen molar-refractivity contribution in [2.75, 3.05) is 36.4 Å². The zero-order valence-corrected chi connectivity index (χ0v) is 25.5. The predicted molar refractivity (Wildman–Crippen MR) is 170 cm³/mol. The van der Waals surface area contributed by atoms with E-state index in [1.54, 1.807) is 12.1 Å². The molecule has 3 N–H and O–H groups in total. The normalized spacial score (nSPS) is 21.5. The van der Waals surface area contributed by atoms with Crippen LogP contribution in [0, 0.1) is 0 Å². The van der Waals surface area contributed by atoms with Gasteiger partial charge < -0.3 is 30.1 Å². The van der Waals surface area contributed by atoms with Gasteiger partial charge in [-0.25, -0.2) is 4.98 Å². The molecule has 3 fully saturated rings. The van der Waals surface area contributed by atoms with E-state index in [2.05, 4.69) is 61.4 Å². The van der Waals surface area contributed by atoms with Gasteiger partial charge in [-0.3, -0.25) is 4.68 Å². The van der Waals surface area contributed by atoms with Crippen LogP contribution in [0.1, 0.15) is 58.4 Å². The molecule has 0 unspecified atom stereocenters. The van der Waals surface area contributed by atoms with Gasteiger partial charge in [-0.1, -0.05) is 12.1 Å². The van der Waals surface area contributed by atoms with Crippen molar-refractivity contribution in [3.05, 3.63) is 48.7 Å². The van der Waals surface area contributed by atoms with Crippen molar-refractivity contribution in [1.29, 1.82) is 0 Å². The Morgan fingerprint density at radius 2 is 1.75 bits per heavy atom. The molecular formula is C33H42N8O3. The van der Waals surface area contributed by atoms with E-state index in [0.29, 0.717) is 29.3 Å². The molecule has 44 heavy (non-hydrogen) atoms. The number of ether oxygens (including phenoxy) is 2. The highest BCUT2D eigenvalue weighted by Crippen LogP contribution is 2.35. The van der Waals surface area contributed by atoms with E-state index in [1.807, 2.05) is 24.4 Å². The Kier molecular flexibility index (Phi) is 8.22. The van der Waals surface area contributed by atoms with Gasteiger partial charge in [-0.05, 0) is 76.9 Å². The number of aromatic hydroxyl groups is 1. The van der Waals surface area contributed by atoms with E-state index >= 15 is 0 Å². The van der Waals surface area contributed by atoms with Crippen LogP contribution in [0.5, 0.6) is 11.6 Å². The first-order valence-corrected chi connectivity index (χ1v) is 16.0. The van der Waals surface area contributed by atoms with Gasteiger partial charge in [-0.2, -0.15) is 5.10 Å². The number of aromatic nitrogens is 5. The molecule has 2 saturated heterocycles. The van der Waals surface area contributed by atoms with Crippen molar-refractivity contribution < 1.29 is 14.6 Å². The highest BCUT2D eigenvalue weighted by Gasteiger charge is 2.34. The Morgan fingerprint density at radius 3 is 2.52 bits per heavy atom. The molecule has 1 aliphatic carbocycles.